The number of nitrogens with one attached hydrogen (secondary N) is 1. The lowest BCUT2D eigenvalue weighted by Gasteiger charge is -2.24. The minimum atomic E-state index is 0.143. The Kier molecular flexibility index (Phi) is 4.98. The van der Waals surface area contributed by atoms with Crippen molar-refractivity contribution in [1.29, 1.82) is 0 Å². The van der Waals surface area contributed by atoms with Crippen LogP contribution in [0.1, 0.15) is 30.9 Å². The van der Waals surface area contributed by atoms with E-state index in [4.69, 9.17) is 10.9 Å². The largest absolute Gasteiger partial charge is 0.409 e. The summed E-state index contributed by atoms with van der Waals surface area (Å²) in [5, 5.41) is 15.1. The number of nitrogens with two attached hydrogens (primary N) is 1. The molecule has 0 aromatic heterocycles. The summed E-state index contributed by atoms with van der Waals surface area (Å²) in [6.45, 7) is 4.07. The number of rotatable bonds is 7. The Morgan fingerprint density at radius 1 is 1.45 bits per heavy atom. The van der Waals surface area contributed by atoms with Crippen molar-refractivity contribution in [3.05, 3.63) is 35.4 Å². The zero-order valence-corrected chi connectivity index (χ0v) is 12.2. The zero-order chi connectivity index (χ0) is 14.5. The van der Waals surface area contributed by atoms with Crippen LogP contribution in [0.5, 0.6) is 0 Å². The van der Waals surface area contributed by atoms with E-state index in [1.54, 1.807) is 0 Å². The van der Waals surface area contributed by atoms with E-state index in [0.29, 0.717) is 6.04 Å². The summed E-state index contributed by atoms with van der Waals surface area (Å²) in [5.74, 6) is 0.143. The van der Waals surface area contributed by atoms with Crippen molar-refractivity contribution in [2.45, 2.75) is 38.4 Å². The maximum Gasteiger partial charge on any atom is 0.170 e. The van der Waals surface area contributed by atoms with Crippen molar-refractivity contribution in [2.75, 3.05) is 13.6 Å². The topological polar surface area (TPSA) is 73.9 Å². The SMILES string of the molecule is CC(CNCc1ccc(/C(N)=N/O)cc1)N(C)C1CC1. The number of hydrogen-bond acceptors (Lipinski definition) is 4. The van der Waals surface area contributed by atoms with E-state index in [0.717, 1.165) is 24.7 Å². The Morgan fingerprint density at radius 2 is 2.10 bits per heavy atom. The van der Waals surface area contributed by atoms with E-state index in [-0.39, 0.29) is 5.84 Å². The van der Waals surface area contributed by atoms with Gasteiger partial charge in [-0.05, 0) is 32.4 Å². The Hall–Kier alpha value is -1.59. The zero-order valence-electron chi connectivity index (χ0n) is 12.2. The summed E-state index contributed by atoms with van der Waals surface area (Å²) >= 11 is 0. The van der Waals surface area contributed by atoms with Crippen molar-refractivity contribution in [3.63, 3.8) is 0 Å². The highest BCUT2D eigenvalue weighted by molar-refractivity contribution is 5.96. The molecule has 0 aliphatic heterocycles. The van der Waals surface area contributed by atoms with Gasteiger partial charge in [0.15, 0.2) is 5.84 Å². The Balaban J connectivity index is 1.76. The molecule has 2 rings (SSSR count). The third-order valence-electron chi connectivity index (χ3n) is 3.94. The van der Waals surface area contributed by atoms with Gasteiger partial charge in [0.1, 0.15) is 0 Å². The van der Waals surface area contributed by atoms with Crippen LogP contribution in [0, 0.1) is 0 Å². The van der Waals surface area contributed by atoms with E-state index in [1.807, 2.05) is 24.3 Å². The average Bonchev–Trinajstić information content (AvgIpc) is 3.31. The fraction of sp³-hybridized carbons (Fsp3) is 0.533. The molecule has 1 fully saturated rings. The summed E-state index contributed by atoms with van der Waals surface area (Å²) < 4.78 is 0. The van der Waals surface area contributed by atoms with Crippen molar-refractivity contribution in [3.8, 4) is 0 Å². The molecule has 0 saturated heterocycles. The van der Waals surface area contributed by atoms with Gasteiger partial charge in [0, 0.05) is 30.7 Å². The average molecular weight is 276 g/mol. The van der Waals surface area contributed by atoms with Crippen molar-refractivity contribution in [2.24, 2.45) is 10.9 Å². The first-order valence-corrected chi connectivity index (χ1v) is 7.11. The summed E-state index contributed by atoms with van der Waals surface area (Å²) in [7, 11) is 2.20. The van der Waals surface area contributed by atoms with Crippen molar-refractivity contribution in [1.82, 2.24) is 10.2 Å². The summed E-state index contributed by atoms with van der Waals surface area (Å²) in [6, 6.07) is 9.08. The van der Waals surface area contributed by atoms with Gasteiger partial charge in [0.05, 0.1) is 0 Å². The van der Waals surface area contributed by atoms with Crippen LogP contribution in [0.25, 0.3) is 0 Å². The molecule has 0 radical (unpaired) electrons. The number of nitrogens with zero attached hydrogens (tertiary/aromatic N) is 2. The molecule has 0 heterocycles. The van der Waals surface area contributed by atoms with Gasteiger partial charge in [-0.2, -0.15) is 0 Å². The van der Waals surface area contributed by atoms with Gasteiger partial charge >= 0.3 is 0 Å². The number of oxime groups is 1. The summed E-state index contributed by atoms with van der Waals surface area (Å²) in [4.78, 5) is 2.45. The molecular weight excluding hydrogens is 252 g/mol. The highest BCUT2D eigenvalue weighted by Crippen LogP contribution is 2.26. The lowest BCUT2D eigenvalue weighted by molar-refractivity contribution is 0.241. The van der Waals surface area contributed by atoms with Gasteiger partial charge in [-0.1, -0.05) is 29.4 Å². The molecule has 1 aliphatic carbocycles. The summed E-state index contributed by atoms with van der Waals surface area (Å²) in [6.07, 6.45) is 2.69. The van der Waals surface area contributed by atoms with Gasteiger partial charge in [-0.25, -0.2) is 0 Å². The van der Waals surface area contributed by atoms with Crippen LogP contribution >= 0.6 is 0 Å². The number of amidine groups is 1. The Labute approximate surface area is 120 Å². The van der Waals surface area contributed by atoms with E-state index < -0.39 is 0 Å². The Morgan fingerprint density at radius 3 is 2.65 bits per heavy atom. The predicted octanol–water partition coefficient (Wildman–Crippen LogP) is 1.35. The molecule has 4 N–H and O–H groups in total. The highest BCUT2D eigenvalue weighted by atomic mass is 16.4. The molecule has 1 atom stereocenters. The second kappa shape index (κ2) is 6.72. The molecule has 1 aliphatic rings. The molecule has 20 heavy (non-hydrogen) atoms. The second-order valence-electron chi connectivity index (χ2n) is 5.56. The molecular formula is C15H24N4O. The summed E-state index contributed by atoms with van der Waals surface area (Å²) in [5.41, 5.74) is 7.46. The molecule has 1 aromatic carbocycles. The first-order valence-electron chi connectivity index (χ1n) is 7.11. The van der Waals surface area contributed by atoms with Crippen LogP contribution < -0.4 is 11.1 Å². The van der Waals surface area contributed by atoms with Crippen LogP contribution in [0.3, 0.4) is 0 Å². The molecule has 0 bridgehead atoms. The number of likely N-dealkylation sites (N-methyl/N-ethyl adjacent to an activating group) is 1. The van der Waals surface area contributed by atoms with Crippen molar-refractivity contribution >= 4 is 5.84 Å². The van der Waals surface area contributed by atoms with Crippen LogP contribution in [-0.4, -0.2) is 41.6 Å². The third kappa shape index (κ3) is 3.95. The van der Waals surface area contributed by atoms with Crippen LogP contribution in [0.2, 0.25) is 0 Å². The minimum Gasteiger partial charge on any atom is -0.409 e. The van der Waals surface area contributed by atoms with Gasteiger partial charge in [-0.15, -0.1) is 0 Å². The molecule has 5 heteroatoms. The quantitative estimate of drug-likeness (QED) is 0.304. The molecule has 1 unspecified atom stereocenters. The first kappa shape index (κ1) is 14.8. The van der Waals surface area contributed by atoms with E-state index in [9.17, 15) is 0 Å². The molecule has 0 spiro atoms. The smallest absolute Gasteiger partial charge is 0.170 e. The fourth-order valence-corrected chi connectivity index (χ4v) is 2.26. The second-order valence-corrected chi connectivity index (χ2v) is 5.56. The molecule has 5 nitrogen and oxygen atoms in total. The number of hydrogen-bond donors (Lipinski definition) is 3. The van der Waals surface area contributed by atoms with E-state index in [1.165, 1.54) is 18.4 Å². The normalized spacial score (nSPS) is 17.4. The van der Waals surface area contributed by atoms with Gasteiger partial charge < -0.3 is 16.3 Å². The van der Waals surface area contributed by atoms with Crippen LogP contribution in [0.4, 0.5) is 0 Å². The Bertz CT molecular complexity index is 453. The molecule has 1 saturated carbocycles. The van der Waals surface area contributed by atoms with Crippen molar-refractivity contribution < 1.29 is 5.21 Å². The predicted molar refractivity (Wildman–Crippen MR) is 80.9 cm³/mol. The van der Waals surface area contributed by atoms with E-state index >= 15 is 0 Å². The van der Waals surface area contributed by atoms with Crippen LogP contribution in [-0.2, 0) is 6.54 Å². The van der Waals surface area contributed by atoms with Gasteiger partial charge in [0.25, 0.3) is 0 Å². The standard InChI is InChI=1S/C15H24N4O/c1-11(19(2)14-7-8-14)9-17-10-12-3-5-13(6-4-12)15(16)18-20/h3-6,11,14,17,20H,7-10H2,1-2H3,(H2,16,18). The highest BCUT2D eigenvalue weighted by Gasteiger charge is 2.28. The van der Waals surface area contributed by atoms with E-state index in [2.05, 4.69) is 29.3 Å². The maximum absolute atomic E-state index is 8.61. The molecule has 110 valence electrons. The minimum absolute atomic E-state index is 0.143. The monoisotopic (exact) mass is 276 g/mol. The molecule has 0 amide bonds. The maximum atomic E-state index is 8.61. The molecule has 1 aromatic rings. The van der Waals surface area contributed by atoms with Gasteiger partial charge in [0.2, 0.25) is 0 Å². The lowest BCUT2D eigenvalue weighted by atomic mass is 10.1. The van der Waals surface area contributed by atoms with Gasteiger partial charge in [-0.3, -0.25) is 4.90 Å². The first-order chi connectivity index (χ1) is 9.61. The number of benzene rings is 1. The third-order valence-corrected chi connectivity index (χ3v) is 3.94. The fourth-order valence-electron chi connectivity index (χ4n) is 2.26. The van der Waals surface area contributed by atoms with Crippen LogP contribution in [0.15, 0.2) is 29.4 Å². The lowest BCUT2D eigenvalue weighted by Crippen LogP contribution is -2.38.